The molecule has 0 atom stereocenters. The number of hydrogen-bond acceptors (Lipinski definition) is 2. The highest BCUT2D eigenvalue weighted by Crippen LogP contribution is 2.29. The Hall–Kier alpha value is -2.59. The monoisotopic (exact) mass is 337 g/mol. The second-order valence-electron chi connectivity index (χ2n) is 5.42. The Labute approximate surface area is 142 Å². The minimum absolute atomic E-state index is 0.371. The van der Waals surface area contributed by atoms with E-state index in [9.17, 15) is 8.42 Å². The van der Waals surface area contributed by atoms with E-state index in [1.807, 2.05) is 79.7 Å². The molecule has 122 valence electrons. The molecule has 0 N–H and O–H groups in total. The van der Waals surface area contributed by atoms with E-state index in [2.05, 4.69) is 0 Å². The Balaban J connectivity index is 2.02. The van der Waals surface area contributed by atoms with Crippen LogP contribution in [-0.2, 0) is 10.0 Å². The molecular weight excluding hydrogens is 318 g/mol. The fourth-order valence-electron chi connectivity index (χ4n) is 2.72. The van der Waals surface area contributed by atoms with Crippen molar-refractivity contribution in [3.8, 4) is 0 Å². The topological polar surface area (TPSA) is 37.4 Å². The first-order valence-corrected chi connectivity index (χ1v) is 9.36. The molecule has 24 heavy (non-hydrogen) atoms. The fourth-order valence-corrected chi connectivity index (χ4v) is 3.98. The number of anilines is 1. The van der Waals surface area contributed by atoms with Gasteiger partial charge in [0.25, 0.3) is 10.0 Å². The lowest BCUT2D eigenvalue weighted by molar-refractivity contribution is 0.601. The van der Waals surface area contributed by atoms with E-state index in [0.717, 1.165) is 16.3 Å². The Morgan fingerprint density at radius 1 is 0.875 bits per heavy atom. The van der Waals surface area contributed by atoms with E-state index in [1.54, 1.807) is 6.08 Å². The molecular formula is C20H19NO2S. The van der Waals surface area contributed by atoms with E-state index >= 15 is 0 Å². The van der Waals surface area contributed by atoms with Crippen molar-refractivity contribution >= 4 is 32.6 Å². The molecule has 0 aliphatic rings. The molecule has 0 aliphatic heterocycles. The van der Waals surface area contributed by atoms with Crippen LogP contribution in [0.2, 0.25) is 0 Å². The first-order chi connectivity index (χ1) is 11.6. The van der Waals surface area contributed by atoms with Crippen molar-refractivity contribution in [2.24, 2.45) is 0 Å². The van der Waals surface area contributed by atoms with Crippen molar-refractivity contribution in [3.05, 3.63) is 83.8 Å². The Kier molecular flexibility index (Phi) is 4.67. The zero-order valence-electron chi connectivity index (χ0n) is 13.5. The molecule has 3 aromatic rings. The van der Waals surface area contributed by atoms with Crippen LogP contribution in [0, 0.1) is 0 Å². The highest BCUT2D eigenvalue weighted by molar-refractivity contribution is 7.95. The normalized spacial score (nSPS) is 11.9. The van der Waals surface area contributed by atoms with Gasteiger partial charge in [0, 0.05) is 11.9 Å². The predicted molar refractivity (Wildman–Crippen MR) is 101 cm³/mol. The first kappa shape index (κ1) is 16.3. The van der Waals surface area contributed by atoms with E-state index in [4.69, 9.17) is 0 Å². The van der Waals surface area contributed by atoms with Gasteiger partial charge in [-0.05, 0) is 30.0 Å². The Bertz CT molecular complexity index is 958. The molecule has 0 spiro atoms. The molecule has 3 aromatic carbocycles. The molecule has 0 unspecified atom stereocenters. The van der Waals surface area contributed by atoms with Crippen molar-refractivity contribution in [2.45, 2.75) is 6.92 Å². The van der Waals surface area contributed by atoms with Gasteiger partial charge in [-0.15, -0.1) is 0 Å². The minimum atomic E-state index is -3.56. The average Bonchev–Trinajstić information content (AvgIpc) is 2.62. The van der Waals surface area contributed by atoms with E-state index in [1.165, 1.54) is 9.71 Å². The maximum absolute atomic E-state index is 12.8. The van der Waals surface area contributed by atoms with Crippen molar-refractivity contribution < 1.29 is 8.42 Å². The van der Waals surface area contributed by atoms with Crippen LogP contribution >= 0.6 is 0 Å². The van der Waals surface area contributed by atoms with Crippen LogP contribution in [0.25, 0.3) is 16.8 Å². The van der Waals surface area contributed by atoms with Crippen molar-refractivity contribution in [3.63, 3.8) is 0 Å². The summed E-state index contributed by atoms with van der Waals surface area (Å²) in [5, 5.41) is 3.22. The number of fused-ring (bicyclic) bond motifs is 1. The summed E-state index contributed by atoms with van der Waals surface area (Å²) in [6.45, 7) is 2.21. The molecule has 3 rings (SSSR count). The van der Waals surface area contributed by atoms with Gasteiger partial charge in [0.1, 0.15) is 0 Å². The predicted octanol–water partition coefficient (Wildman–Crippen LogP) is 4.67. The number of sulfonamides is 1. The SMILES string of the molecule is CCN(c1cccc2ccccc12)S(=O)(=O)/C=C/c1ccccc1. The van der Waals surface area contributed by atoms with E-state index < -0.39 is 10.0 Å². The van der Waals surface area contributed by atoms with Gasteiger partial charge in [0.05, 0.1) is 11.1 Å². The van der Waals surface area contributed by atoms with Gasteiger partial charge in [-0.25, -0.2) is 8.42 Å². The van der Waals surface area contributed by atoms with Gasteiger partial charge >= 0.3 is 0 Å². The van der Waals surface area contributed by atoms with Crippen LogP contribution < -0.4 is 4.31 Å². The lowest BCUT2D eigenvalue weighted by Gasteiger charge is -2.22. The van der Waals surface area contributed by atoms with Crippen LogP contribution in [0.1, 0.15) is 12.5 Å². The summed E-state index contributed by atoms with van der Waals surface area (Å²) in [4.78, 5) is 0. The zero-order chi connectivity index (χ0) is 17.0. The highest BCUT2D eigenvalue weighted by Gasteiger charge is 2.19. The van der Waals surface area contributed by atoms with Gasteiger partial charge < -0.3 is 0 Å². The molecule has 0 aromatic heterocycles. The fraction of sp³-hybridized carbons (Fsp3) is 0.100. The van der Waals surface area contributed by atoms with E-state index in [0.29, 0.717) is 12.2 Å². The summed E-state index contributed by atoms with van der Waals surface area (Å²) in [6, 6.07) is 22.9. The summed E-state index contributed by atoms with van der Waals surface area (Å²) >= 11 is 0. The molecule has 0 bridgehead atoms. The molecule has 0 radical (unpaired) electrons. The molecule has 0 heterocycles. The average molecular weight is 337 g/mol. The summed E-state index contributed by atoms with van der Waals surface area (Å²) in [7, 11) is -3.56. The van der Waals surface area contributed by atoms with Gasteiger partial charge in [-0.1, -0.05) is 66.7 Å². The maximum Gasteiger partial charge on any atom is 0.257 e. The molecule has 3 nitrogen and oxygen atoms in total. The Morgan fingerprint density at radius 3 is 2.29 bits per heavy atom. The van der Waals surface area contributed by atoms with E-state index in [-0.39, 0.29) is 0 Å². The highest BCUT2D eigenvalue weighted by atomic mass is 32.2. The van der Waals surface area contributed by atoms with Crippen molar-refractivity contribution in [2.75, 3.05) is 10.8 Å². The number of nitrogens with zero attached hydrogens (tertiary/aromatic N) is 1. The van der Waals surface area contributed by atoms with Gasteiger partial charge in [0.2, 0.25) is 0 Å². The van der Waals surface area contributed by atoms with Crippen LogP contribution in [0.15, 0.2) is 78.2 Å². The third-order valence-corrected chi connectivity index (χ3v) is 5.41. The molecule has 0 amide bonds. The zero-order valence-corrected chi connectivity index (χ0v) is 14.3. The summed E-state index contributed by atoms with van der Waals surface area (Å²) < 4.78 is 27.1. The second-order valence-corrected chi connectivity index (χ2v) is 7.16. The molecule has 0 saturated heterocycles. The standard InChI is InChI=1S/C20H19NO2S/c1-2-21(20-14-8-12-18-11-6-7-13-19(18)20)24(22,23)16-15-17-9-4-3-5-10-17/h3-16H,2H2,1H3/b16-15+. The van der Waals surface area contributed by atoms with Crippen LogP contribution in [0.3, 0.4) is 0 Å². The van der Waals surface area contributed by atoms with Gasteiger partial charge in [-0.2, -0.15) is 0 Å². The Morgan fingerprint density at radius 2 is 1.54 bits per heavy atom. The number of hydrogen-bond donors (Lipinski definition) is 0. The second kappa shape index (κ2) is 6.89. The van der Waals surface area contributed by atoms with Crippen LogP contribution in [0.4, 0.5) is 5.69 Å². The third-order valence-electron chi connectivity index (χ3n) is 3.86. The van der Waals surface area contributed by atoms with Gasteiger partial charge in [-0.3, -0.25) is 4.31 Å². The van der Waals surface area contributed by atoms with Crippen molar-refractivity contribution in [1.82, 2.24) is 0 Å². The smallest absolute Gasteiger partial charge is 0.257 e. The summed E-state index contributed by atoms with van der Waals surface area (Å²) in [5.41, 5.74) is 1.56. The van der Waals surface area contributed by atoms with Gasteiger partial charge in [0.15, 0.2) is 0 Å². The minimum Gasteiger partial charge on any atom is -0.266 e. The first-order valence-electron chi connectivity index (χ1n) is 7.85. The molecule has 0 fully saturated rings. The quantitative estimate of drug-likeness (QED) is 0.678. The largest absolute Gasteiger partial charge is 0.266 e. The van der Waals surface area contributed by atoms with Crippen molar-refractivity contribution in [1.29, 1.82) is 0 Å². The molecule has 4 heteroatoms. The molecule has 0 aliphatic carbocycles. The third kappa shape index (κ3) is 3.34. The number of rotatable bonds is 5. The lowest BCUT2D eigenvalue weighted by atomic mass is 10.1. The summed E-state index contributed by atoms with van der Waals surface area (Å²) in [5.74, 6) is 0. The summed E-state index contributed by atoms with van der Waals surface area (Å²) in [6.07, 6.45) is 1.63. The van der Waals surface area contributed by atoms with Crippen LogP contribution in [0.5, 0.6) is 0 Å². The maximum atomic E-state index is 12.8. The molecule has 0 saturated carbocycles. The lowest BCUT2D eigenvalue weighted by Crippen LogP contribution is -2.29. The number of benzene rings is 3. The van der Waals surface area contributed by atoms with Crippen LogP contribution in [-0.4, -0.2) is 15.0 Å².